The molecule has 1 aliphatic heterocycles. The second-order valence-electron chi connectivity index (χ2n) is 9.74. The number of hydrogen-bond donors (Lipinski definition) is 1. The van der Waals surface area contributed by atoms with E-state index in [1.165, 1.54) is 4.90 Å². The van der Waals surface area contributed by atoms with Crippen molar-refractivity contribution in [1.82, 2.24) is 14.5 Å². The number of rotatable bonds is 10. The normalized spacial score (nSPS) is 14.4. The highest BCUT2D eigenvalue weighted by molar-refractivity contribution is 6.31. The molecule has 218 valence electrons. The van der Waals surface area contributed by atoms with Crippen molar-refractivity contribution in [3.63, 3.8) is 0 Å². The van der Waals surface area contributed by atoms with Crippen LogP contribution in [0.25, 0.3) is 16.9 Å². The first-order chi connectivity index (χ1) is 20.3. The van der Waals surface area contributed by atoms with Crippen LogP contribution in [-0.2, 0) is 9.53 Å². The number of carbonyl (C=O) groups excluding carboxylic acids is 2. The Labute approximate surface area is 253 Å². The number of nitrogens with zero attached hydrogens (tertiary/aromatic N) is 3. The first-order valence-electron chi connectivity index (χ1n) is 13.4. The van der Waals surface area contributed by atoms with Crippen molar-refractivity contribution in [2.24, 2.45) is 0 Å². The van der Waals surface area contributed by atoms with E-state index in [4.69, 9.17) is 42.4 Å². The van der Waals surface area contributed by atoms with Crippen molar-refractivity contribution < 1.29 is 23.8 Å². The minimum Gasteiger partial charge on any atom is -0.493 e. The zero-order valence-electron chi connectivity index (χ0n) is 23.2. The molecule has 4 aromatic rings. The molecule has 0 unspecified atom stereocenters. The highest BCUT2D eigenvalue weighted by Gasteiger charge is 2.26. The van der Waals surface area contributed by atoms with Gasteiger partial charge in [-0.15, -0.1) is 0 Å². The van der Waals surface area contributed by atoms with Gasteiger partial charge in [-0.05, 0) is 61.4 Å². The van der Waals surface area contributed by atoms with Crippen molar-refractivity contribution in [2.75, 3.05) is 39.2 Å². The van der Waals surface area contributed by atoms with Crippen LogP contribution < -0.4 is 14.8 Å². The van der Waals surface area contributed by atoms with E-state index in [9.17, 15) is 9.59 Å². The number of carbonyl (C=O) groups is 2. The number of methoxy groups -OCH3 is 2. The molecule has 0 saturated carbocycles. The molecule has 2 heterocycles. The van der Waals surface area contributed by atoms with Gasteiger partial charge in [-0.3, -0.25) is 19.5 Å². The number of imidazole rings is 1. The molecule has 2 amide bonds. The standard InChI is InChI=1S/C31H30Cl2N4O5/c1-40-27-14-13-24(16-28(27)41-2)37-18-26(20-5-9-22(32)10-6-20)34-31(37)35-29(38)19-36(17-25-4-3-15-42-25)30(39)21-7-11-23(33)12-8-21/h5-14,16,18,25H,3-4,15,17,19H2,1-2H3,(H,34,35,38)/t25-/m0/s1. The monoisotopic (exact) mass is 608 g/mol. The molecular formula is C31H30Cl2N4O5. The van der Waals surface area contributed by atoms with E-state index in [0.29, 0.717) is 45.1 Å². The minimum absolute atomic E-state index is 0.140. The van der Waals surface area contributed by atoms with E-state index in [2.05, 4.69) is 5.32 Å². The molecule has 1 aliphatic rings. The largest absolute Gasteiger partial charge is 0.493 e. The third kappa shape index (κ3) is 6.87. The molecule has 1 saturated heterocycles. The highest BCUT2D eigenvalue weighted by Crippen LogP contribution is 2.32. The predicted molar refractivity (Wildman–Crippen MR) is 162 cm³/mol. The van der Waals surface area contributed by atoms with Gasteiger partial charge in [0.25, 0.3) is 5.91 Å². The van der Waals surface area contributed by atoms with Crippen LogP contribution in [0.3, 0.4) is 0 Å². The summed E-state index contributed by atoms with van der Waals surface area (Å²) in [4.78, 5) is 33.2. The van der Waals surface area contributed by atoms with Crippen molar-refractivity contribution in [2.45, 2.75) is 18.9 Å². The fourth-order valence-electron chi connectivity index (χ4n) is 4.77. The SMILES string of the molecule is COc1ccc(-n2cc(-c3ccc(Cl)cc3)nc2NC(=O)CN(C[C@@H]2CCCO2)C(=O)c2ccc(Cl)cc2)cc1OC. The maximum atomic E-state index is 13.5. The molecule has 1 atom stereocenters. The summed E-state index contributed by atoms with van der Waals surface area (Å²) in [5.41, 5.74) is 2.54. The van der Waals surface area contributed by atoms with E-state index >= 15 is 0 Å². The van der Waals surface area contributed by atoms with E-state index in [1.807, 2.05) is 24.4 Å². The number of benzene rings is 3. The smallest absolute Gasteiger partial charge is 0.254 e. The Hall–Kier alpha value is -4.05. The van der Waals surface area contributed by atoms with Gasteiger partial charge in [0.05, 0.1) is 31.7 Å². The van der Waals surface area contributed by atoms with Gasteiger partial charge in [0, 0.05) is 46.6 Å². The molecule has 3 aromatic carbocycles. The zero-order valence-corrected chi connectivity index (χ0v) is 24.7. The van der Waals surface area contributed by atoms with Crippen molar-refractivity contribution in [1.29, 1.82) is 0 Å². The maximum Gasteiger partial charge on any atom is 0.254 e. The van der Waals surface area contributed by atoms with Gasteiger partial charge < -0.3 is 19.1 Å². The molecule has 1 fully saturated rings. The topological polar surface area (TPSA) is 94.9 Å². The molecule has 42 heavy (non-hydrogen) atoms. The summed E-state index contributed by atoms with van der Waals surface area (Å²) in [6.07, 6.45) is 3.40. The van der Waals surface area contributed by atoms with E-state index in [-0.39, 0.29) is 31.0 Å². The van der Waals surface area contributed by atoms with Gasteiger partial charge in [-0.2, -0.15) is 0 Å². The Morgan fingerprint density at radius 3 is 2.33 bits per heavy atom. The lowest BCUT2D eigenvalue weighted by Gasteiger charge is -2.25. The first-order valence-corrected chi connectivity index (χ1v) is 14.1. The summed E-state index contributed by atoms with van der Waals surface area (Å²) in [7, 11) is 3.12. The van der Waals surface area contributed by atoms with Gasteiger partial charge in [0.15, 0.2) is 11.5 Å². The van der Waals surface area contributed by atoms with Gasteiger partial charge in [-0.25, -0.2) is 4.98 Å². The first kappa shape index (κ1) is 29.4. The molecule has 1 aromatic heterocycles. The molecule has 0 aliphatic carbocycles. The average Bonchev–Trinajstić information content (AvgIpc) is 3.67. The van der Waals surface area contributed by atoms with Gasteiger partial charge in [0.1, 0.15) is 6.54 Å². The Kier molecular flexibility index (Phi) is 9.31. The van der Waals surface area contributed by atoms with Crippen LogP contribution in [0.5, 0.6) is 11.5 Å². The van der Waals surface area contributed by atoms with Gasteiger partial charge in [-0.1, -0.05) is 35.3 Å². The Balaban J connectivity index is 1.44. The fourth-order valence-corrected chi connectivity index (χ4v) is 5.02. The van der Waals surface area contributed by atoms with Crippen LogP contribution in [0.1, 0.15) is 23.2 Å². The Morgan fingerprint density at radius 2 is 1.69 bits per heavy atom. The summed E-state index contributed by atoms with van der Waals surface area (Å²) in [5, 5.41) is 4.03. The molecule has 5 rings (SSSR count). The summed E-state index contributed by atoms with van der Waals surface area (Å²) in [5.74, 6) is 0.654. The molecule has 11 heteroatoms. The fraction of sp³-hybridized carbons (Fsp3) is 0.258. The Morgan fingerprint density at radius 1 is 1.00 bits per heavy atom. The van der Waals surface area contributed by atoms with Gasteiger partial charge >= 0.3 is 0 Å². The molecular weight excluding hydrogens is 579 g/mol. The Bertz CT molecular complexity index is 1550. The molecule has 1 N–H and O–H groups in total. The minimum atomic E-state index is -0.412. The lowest BCUT2D eigenvalue weighted by molar-refractivity contribution is -0.117. The molecule has 0 spiro atoms. The second kappa shape index (κ2) is 13.3. The molecule has 9 nitrogen and oxygen atoms in total. The number of nitrogens with one attached hydrogen (secondary N) is 1. The number of amides is 2. The number of anilines is 1. The van der Waals surface area contributed by atoms with Crippen molar-refractivity contribution in [3.8, 4) is 28.4 Å². The number of aromatic nitrogens is 2. The number of ether oxygens (including phenoxy) is 3. The quantitative estimate of drug-likeness (QED) is 0.233. The van der Waals surface area contributed by atoms with Crippen LogP contribution in [0.2, 0.25) is 10.0 Å². The van der Waals surface area contributed by atoms with Crippen LogP contribution in [0.15, 0.2) is 72.9 Å². The zero-order chi connectivity index (χ0) is 29.6. The van der Waals surface area contributed by atoms with Crippen LogP contribution in [-0.4, -0.2) is 66.3 Å². The van der Waals surface area contributed by atoms with Crippen molar-refractivity contribution >= 4 is 41.0 Å². The molecule has 0 bridgehead atoms. The number of hydrogen-bond acceptors (Lipinski definition) is 6. The second-order valence-corrected chi connectivity index (χ2v) is 10.6. The van der Waals surface area contributed by atoms with Crippen LogP contribution >= 0.6 is 23.2 Å². The highest BCUT2D eigenvalue weighted by atomic mass is 35.5. The van der Waals surface area contributed by atoms with Crippen LogP contribution in [0.4, 0.5) is 5.95 Å². The summed E-state index contributed by atoms with van der Waals surface area (Å²) >= 11 is 12.1. The van der Waals surface area contributed by atoms with E-state index in [1.54, 1.807) is 67.3 Å². The van der Waals surface area contributed by atoms with Gasteiger partial charge in [0.2, 0.25) is 11.9 Å². The van der Waals surface area contributed by atoms with E-state index < -0.39 is 5.91 Å². The van der Waals surface area contributed by atoms with Crippen molar-refractivity contribution in [3.05, 3.63) is 88.5 Å². The van der Waals surface area contributed by atoms with Crippen LogP contribution in [0, 0.1) is 0 Å². The predicted octanol–water partition coefficient (Wildman–Crippen LogP) is 6.12. The lowest BCUT2D eigenvalue weighted by atomic mass is 10.1. The summed E-state index contributed by atoms with van der Waals surface area (Å²) in [6, 6.07) is 19.2. The molecule has 0 radical (unpaired) electrons. The summed E-state index contributed by atoms with van der Waals surface area (Å²) < 4.78 is 18.4. The third-order valence-electron chi connectivity index (χ3n) is 6.90. The summed E-state index contributed by atoms with van der Waals surface area (Å²) in [6.45, 7) is 0.724. The lowest BCUT2D eigenvalue weighted by Crippen LogP contribution is -2.42. The third-order valence-corrected chi connectivity index (χ3v) is 7.41. The van der Waals surface area contributed by atoms with E-state index in [0.717, 1.165) is 18.4 Å². The maximum absolute atomic E-state index is 13.5. The average molecular weight is 610 g/mol. The number of halogens is 2.